The highest BCUT2D eigenvalue weighted by molar-refractivity contribution is 5.30. The molecule has 1 rings (SSSR count). The molecular formula is C8H14. The topological polar surface area (TPSA) is 0 Å². The first kappa shape index (κ1) is 5.87. The third-order valence-corrected chi connectivity index (χ3v) is 2.20. The van der Waals surface area contributed by atoms with E-state index in [2.05, 4.69) is 27.7 Å². The summed E-state index contributed by atoms with van der Waals surface area (Å²) in [6.07, 6.45) is 0. The van der Waals surface area contributed by atoms with E-state index in [-0.39, 0.29) is 0 Å². The van der Waals surface area contributed by atoms with Gasteiger partial charge in [0.1, 0.15) is 0 Å². The van der Waals surface area contributed by atoms with Crippen LogP contribution in [0.25, 0.3) is 0 Å². The van der Waals surface area contributed by atoms with Crippen LogP contribution >= 0.6 is 0 Å². The average Bonchev–Trinajstić information content (AvgIpc) is 2.15. The molecule has 0 spiro atoms. The van der Waals surface area contributed by atoms with Crippen LogP contribution in [0, 0.1) is 11.8 Å². The van der Waals surface area contributed by atoms with Gasteiger partial charge in [-0.3, -0.25) is 0 Å². The van der Waals surface area contributed by atoms with Crippen LogP contribution in [-0.2, 0) is 0 Å². The highest BCUT2D eigenvalue weighted by Gasteiger charge is 2.35. The molecule has 0 heteroatoms. The monoisotopic (exact) mass is 110 g/mol. The van der Waals surface area contributed by atoms with E-state index in [1.165, 1.54) is 5.57 Å². The molecule has 0 aromatic heterocycles. The van der Waals surface area contributed by atoms with E-state index in [0.29, 0.717) is 0 Å². The molecular weight excluding hydrogens is 96.1 g/mol. The second kappa shape index (κ2) is 1.61. The predicted octanol–water partition coefficient (Wildman–Crippen LogP) is 2.61. The van der Waals surface area contributed by atoms with E-state index >= 15 is 0 Å². The van der Waals surface area contributed by atoms with Crippen molar-refractivity contribution >= 4 is 0 Å². The Hall–Kier alpha value is -0.260. The fraction of sp³-hybridized carbons (Fsp3) is 0.750. The minimum atomic E-state index is 0.889. The lowest BCUT2D eigenvalue weighted by Gasteiger charge is -1.81. The number of hydrogen-bond donors (Lipinski definition) is 0. The minimum Gasteiger partial charge on any atom is -0.0766 e. The van der Waals surface area contributed by atoms with Gasteiger partial charge < -0.3 is 0 Å². The Labute approximate surface area is 51.6 Å². The lowest BCUT2D eigenvalue weighted by molar-refractivity contribution is 0.834. The smallest absolute Gasteiger partial charge is 0.0163 e. The zero-order valence-corrected chi connectivity index (χ0v) is 6.15. The molecule has 2 unspecified atom stereocenters. The summed E-state index contributed by atoms with van der Waals surface area (Å²) in [5.41, 5.74) is 3.22. The maximum Gasteiger partial charge on any atom is -0.0163 e. The number of hydrogen-bond acceptors (Lipinski definition) is 0. The first-order valence-corrected chi connectivity index (χ1v) is 3.32. The molecule has 2 atom stereocenters. The third kappa shape index (κ3) is 0.683. The van der Waals surface area contributed by atoms with Gasteiger partial charge in [-0.1, -0.05) is 25.0 Å². The van der Waals surface area contributed by atoms with E-state index in [9.17, 15) is 0 Å². The van der Waals surface area contributed by atoms with Crippen molar-refractivity contribution in [2.75, 3.05) is 0 Å². The van der Waals surface area contributed by atoms with Crippen LogP contribution in [0.2, 0.25) is 0 Å². The molecule has 8 heavy (non-hydrogen) atoms. The quantitative estimate of drug-likeness (QED) is 0.420. The Morgan fingerprint density at radius 1 is 1.12 bits per heavy atom. The standard InChI is InChI=1S/C8H14/c1-5(2)8-6(3)7(8)4/h6-7H,1-4H3. The Kier molecular flexibility index (Phi) is 1.18. The Bertz CT molecular complexity index is 117. The maximum atomic E-state index is 2.30. The van der Waals surface area contributed by atoms with Gasteiger partial charge in [-0.15, -0.1) is 0 Å². The predicted molar refractivity (Wildman–Crippen MR) is 36.7 cm³/mol. The van der Waals surface area contributed by atoms with Crippen LogP contribution in [0.15, 0.2) is 11.1 Å². The molecule has 0 nitrogen and oxygen atoms in total. The SMILES string of the molecule is CC(C)=C1C(C)C1C. The molecule has 0 bridgehead atoms. The fourth-order valence-corrected chi connectivity index (χ4v) is 1.48. The second-order valence-electron chi connectivity index (χ2n) is 3.03. The molecule has 0 aromatic carbocycles. The molecule has 0 saturated heterocycles. The second-order valence-corrected chi connectivity index (χ2v) is 3.03. The van der Waals surface area contributed by atoms with Gasteiger partial charge in [-0.2, -0.15) is 0 Å². The van der Waals surface area contributed by atoms with Gasteiger partial charge in [0, 0.05) is 0 Å². The van der Waals surface area contributed by atoms with Gasteiger partial charge in [0.2, 0.25) is 0 Å². The van der Waals surface area contributed by atoms with Crippen molar-refractivity contribution in [1.82, 2.24) is 0 Å². The van der Waals surface area contributed by atoms with E-state index in [1.807, 2.05) is 0 Å². The molecule has 0 amide bonds. The Balaban J connectivity index is 2.69. The zero-order valence-electron chi connectivity index (χ0n) is 6.15. The van der Waals surface area contributed by atoms with Crippen molar-refractivity contribution in [3.63, 3.8) is 0 Å². The van der Waals surface area contributed by atoms with Crippen LogP contribution in [0.4, 0.5) is 0 Å². The summed E-state index contributed by atoms with van der Waals surface area (Å²) in [6.45, 7) is 9.00. The van der Waals surface area contributed by atoms with Crippen molar-refractivity contribution in [2.24, 2.45) is 11.8 Å². The van der Waals surface area contributed by atoms with Crippen LogP contribution in [0.1, 0.15) is 27.7 Å². The first-order valence-electron chi connectivity index (χ1n) is 3.32. The summed E-state index contributed by atoms with van der Waals surface area (Å²) in [6, 6.07) is 0. The fourth-order valence-electron chi connectivity index (χ4n) is 1.48. The van der Waals surface area contributed by atoms with Gasteiger partial charge in [0.15, 0.2) is 0 Å². The van der Waals surface area contributed by atoms with Crippen molar-refractivity contribution in [1.29, 1.82) is 0 Å². The normalized spacial score (nSPS) is 35.2. The van der Waals surface area contributed by atoms with Crippen molar-refractivity contribution in [2.45, 2.75) is 27.7 Å². The van der Waals surface area contributed by atoms with Gasteiger partial charge in [0.05, 0.1) is 0 Å². The Morgan fingerprint density at radius 3 is 1.50 bits per heavy atom. The molecule has 1 saturated carbocycles. The van der Waals surface area contributed by atoms with Crippen molar-refractivity contribution in [3.05, 3.63) is 11.1 Å². The van der Waals surface area contributed by atoms with Crippen LogP contribution < -0.4 is 0 Å². The molecule has 0 heterocycles. The van der Waals surface area contributed by atoms with E-state index < -0.39 is 0 Å². The number of allylic oxidation sites excluding steroid dienone is 2. The highest BCUT2D eigenvalue weighted by Crippen LogP contribution is 2.46. The van der Waals surface area contributed by atoms with Crippen LogP contribution in [-0.4, -0.2) is 0 Å². The molecule has 0 aromatic rings. The van der Waals surface area contributed by atoms with Crippen molar-refractivity contribution < 1.29 is 0 Å². The minimum absolute atomic E-state index is 0.889. The summed E-state index contributed by atoms with van der Waals surface area (Å²) in [7, 11) is 0. The van der Waals surface area contributed by atoms with E-state index in [0.717, 1.165) is 11.8 Å². The summed E-state index contributed by atoms with van der Waals surface area (Å²) < 4.78 is 0. The van der Waals surface area contributed by atoms with Crippen LogP contribution in [0.5, 0.6) is 0 Å². The van der Waals surface area contributed by atoms with Gasteiger partial charge >= 0.3 is 0 Å². The summed E-state index contributed by atoms with van der Waals surface area (Å²) in [4.78, 5) is 0. The lowest BCUT2D eigenvalue weighted by Crippen LogP contribution is -1.61. The van der Waals surface area contributed by atoms with E-state index in [1.54, 1.807) is 5.57 Å². The summed E-state index contributed by atoms with van der Waals surface area (Å²) in [5, 5.41) is 0. The summed E-state index contributed by atoms with van der Waals surface area (Å²) >= 11 is 0. The van der Waals surface area contributed by atoms with Crippen LogP contribution in [0.3, 0.4) is 0 Å². The third-order valence-electron chi connectivity index (χ3n) is 2.20. The zero-order chi connectivity index (χ0) is 6.31. The maximum absolute atomic E-state index is 2.30. The average molecular weight is 110 g/mol. The van der Waals surface area contributed by atoms with Gasteiger partial charge in [0.25, 0.3) is 0 Å². The first-order chi connectivity index (χ1) is 3.64. The highest BCUT2D eigenvalue weighted by atomic mass is 14.4. The summed E-state index contributed by atoms with van der Waals surface area (Å²) in [5.74, 6) is 1.78. The lowest BCUT2D eigenvalue weighted by atomic mass is 10.3. The van der Waals surface area contributed by atoms with Gasteiger partial charge in [-0.25, -0.2) is 0 Å². The molecule has 0 N–H and O–H groups in total. The molecule has 0 aliphatic heterocycles. The van der Waals surface area contributed by atoms with Gasteiger partial charge in [-0.05, 0) is 25.7 Å². The molecule has 0 radical (unpaired) electrons. The Morgan fingerprint density at radius 2 is 1.50 bits per heavy atom. The molecule has 46 valence electrons. The van der Waals surface area contributed by atoms with Crippen molar-refractivity contribution in [3.8, 4) is 0 Å². The van der Waals surface area contributed by atoms with E-state index in [4.69, 9.17) is 0 Å². The molecule has 1 fully saturated rings. The molecule has 1 aliphatic carbocycles. The largest absolute Gasteiger partial charge is 0.0766 e. The number of rotatable bonds is 0. The molecule has 1 aliphatic rings.